The molecule has 0 aromatic heterocycles. The summed E-state index contributed by atoms with van der Waals surface area (Å²) in [5, 5.41) is 8.63. The highest BCUT2D eigenvalue weighted by Crippen LogP contribution is 2.16. The minimum absolute atomic E-state index is 0.323. The molecule has 0 heterocycles. The average molecular weight is 242 g/mol. The van der Waals surface area contributed by atoms with Crippen molar-refractivity contribution < 1.29 is 23.8 Å². The second-order valence-electron chi connectivity index (χ2n) is 3.35. The molecule has 17 heavy (non-hydrogen) atoms. The third-order valence-corrected chi connectivity index (χ3v) is 2.08. The molecule has 94 valence electrons. The van der Waals surface area contributed by atoms with Crippen molar-refractivity contribution in [1.29, 1.82) is 0 Å². The van der Waals surface area contributed by atoms with Crippen molar-refractivity contribution in [3.05, 3.63) is 29.6 Å². The highest BCUT2D eigenvalue weighted by atomic mass is 19.1. The van der Waals surface area contributed by atoms with Crippen molar-refractivity contribution in [2.24, 2.45) is 0 Å². The molecule has 1 aromatic rings. The van der Waals surface area contributed by atoms with Gasteiger partial charge in [-0.05, 0) is 19.1 Å². The lowest BCUT2D eigenvalue weighted by Crippen LogP contribution is -2.04. The molecule has 4 nitrogen and oxygen atoms in total. The van der Waals surface area contributed by atoms with Gasteiger partial charge in [-0.1, -0.05) is 0 Å². The summed E-state index contributed by atoms with van der Waals surface area (Å²) in [6.45, 7) is 3.56. The summed E-state index contributed by atoms with van der Waals surface area (Å²) < 4.78 is 23.6. The Hall–Kier alpha value is -1.62. The Labute approximate surface area is 99.0 Å². The topological polar surface area (TPSA) is 55.8 Å². The lowest BCUT2D eigenvalue weighted by molar-refractivity contribution is 0.0692. The van der Waals surface area contributed by atoms with E-state index in [1.807, 2.05) is 6.92 Å². The lowest BCUT2D eigenvalue weighted by atomic mass is 10.2. The maximum atomic E-state index is 13.2. The zero-order valence-electron chi connectivity index (χ0n) is 9.61. The van der Waals surface area contributed by atoms with Gasteiger partial charge in [0.05, 0.1) is 12.2 Å². The Balaban J connectivity index is 2.45. The molecule has 0 atom stereocenters. The lowest BCUT2D eigenvalue weighted by Gasteiger charge is -2.07. The predicted octanol–water partition coefficient (Wildman–Crippen LogP) is 2.33. The summed E-state index contributed by atoms with van der Waals surface area (Å²) in [7, 11) is 0. The average Bonchev–Trinajstić information content (AvgIpc) is 2.28. The van der Waals surface area contributed by atoms with E-state index in [2.05, 4.69) is 0 Å². The summed E-state index contributed by atoms with van der Waals surface area (Å²) in [6.07, 6.45) is 0.705. The van der Waals surface area contributed by atoms with E-state index in [1.54, 1.807) is 0 Å². The molecule has 0 unspecified atom stereocenters. The van der Waals surface area contributed by atoms with Crippen LogP contribution in [0.1, 0.15) is 23.7 Å². The smallest absolute Gasteiger partial charge is 0.338 e. The Morgan fingerprint density at radius 3 is 2.76 bits per heavy atom. The maximum absolute atomic E-state index is 13.2. The summed E-state index contributed by atoms with van der Waals surface area (Å²) in [6, 6.07) is 3.70. The van der Waals surface area contributed by atoms with Gasteiger partial charge in [0.25, 0.3) is 0 Å². The van der Waals surface area contributed by atoms with Crippen LogP contribution in [0.4, 0.5) is 4.39 Å². The van der Waals surface area contributed by atoms with Crippen LogP contribution < -0.4 is 4.74 Å². The first-order chi connectivity index (χ1) is 8.15. The molecule has 1 aromatic carbocycles. The van der Waals surface area contributed by atoms with Gasteiger partial charge < -0.3 is 14.6 Å². The number of carbonyl (C=O) groups is 1. The van der Waals surface area contributed by atoms with Crippen LogP contribution in [-0.2, 0) is 4.74 Å². The van der Waals surface area contributed by atoms with Gasteiger partial charge in [-0.2, -0.15) is 0 Å². The molecule has 0 amide bonds. The molecular weight excluding hydrogens is 227 g/mol. The molecule has 0 saturated heterocycles. The molecule has 0 aliphatic rings. The van der Waals surface area contributed by atoms with Crippen molar-refractivity contribution in [2.75, 3.05) is 19.8 Å². The van der Waals surface area contributed by atoms with Crippen LogP contribution in [0.5, 0.6) is 5.75 Å². The fourth-order valence-corrected chi connectivity index (χ4v) is 1.25. The maximum Gasteiger partial charge on any atom is 0.338 e. The van der Waals surface area contributed by atoms with E-state index < -0.39 is 11.8 Å². The van der Waals surface area contributed by atoms with Gasteiger partial charge in [-0.25, -0.2) is 9.18 Å². The minimum Gasteiger partial charge on any atom is -0.493 e. The van der Waals surface area contributed by atoms with Crippen LogP contribution in [0, 0.1) is 5.82 Å². The van der Waals surface area contributed by atoms with Crippen molar-refractivity contribution in [1.82, 2.24) is 0 Å². The molecular formula is C12H15FO4. The first-order valence-electron chi connectivity index (χ1n) is 5.38. The van der Waals surface area contributed by atoms with Gasteiger partial charge in [0.15, 0.2) is 0 Å². The number of hydrogen-bond acceptors (Lipinski definition) is 3. The van der Waals surface area contributed by atoms with Gasteiger partial charge in [0.2, 0.25) is 0 Å². The van der Waals surface area contributed by atoms with E-state index in [0.717, 1.165) is 6.07 Å². The van der Waals surface area contributed by atoms with Crippen LogP contribution in [0.25, 0.3) is 0 Å². The Morgan fingerprint density at radius 2 is 2.18 bits per heavy atom. The van der Waals surface area contributed by atoms with E-state index in [4.69, 9.17) is 14.6 Å². The first kappa shape index (κ1) is 13.4. The third-order valence-electron chi connectivity index (χ3n) is 2.08. The molecule has 1 rings (SSSR count). The van der Waals surface area contributed by atoms with E-state index in [1.165, 1.54) is 12.1 Å². The third kappa shape index (κ3) is 4.40. The number of aromatic carboxylic acids is 1. The largest absolute Gasteiger partial charge is 0.493 e. The zero-order valence-corrected chi connectivity index (χ0v) is 9.61. The standard InChI is InChI=1S/C12H15FO4/c1-2-16-6-3-7-17-9-4-5-10(12(14)15)11(13)8-9/h4-5,8H,2-3,6-7H2,1H3,(H,14,15). The molecule has 1 N–H and O–H groups in total. The molecule has 0 saturated carbocycles. The van der Waals surface area contributed by atoms with Crippen molar-refractivity contribution in [3.63, 3.8) is 0 Å². The number of hydrogen-bond donors (Lipinski definition) is 1. The molecule has 0 aliphatic carbocycles. The molecule has 5 heteroatoms. The van der Waals surface area contributed by atoms with Crippen LogP contribution in [-0.4, -0.2) is 30.9 Å². The number of carboxylic acids is 1. The predicted molar refractivity (Wildman–Crippen MR) is 60.0 cm³/mol. The van der Waals surface area contributed by atoms with Crippen LogP contribution >= 0.6 is 0 Å². The normalized spacial score (nSPS) is 10.2. The van der Waals surface area contributed by atoms with Crippen molar-refractivity contribution in [3.8, 4) is 5.75 Å². The second-order valence-corrected chi connectivity index (χ2v) is 3.35. The van der Waals surface area contributed by atoms with E-state index in [0.29, 0.717) is 32.0 Å². The molecule has 0 spiro atoms. The van der Waals surface area contributed by atoms with Crippen molar-refractivity contribution >= 4 is 5.97 Å². The van der Waals surface area contributed by atoms with Crippen molar-refractivity contribution in [2.45, 2.75) is 13.3 Å². The Kier molecular flexibility index (Phi) is 5.42. The van der Waals surface area contributed by atoms with Crippen LogP contribution in [0.3, 0.4) is 0 Å². The summed E-state index contributed by atoms with van der Waals surface area (Å²) in [4.78, 5) is 10.6. The van der Waals surface area contributed by atoms with Crippen LogP contribution in [0.15, 0.2) is 18.2 Å². The Morgan fingerprint density at radius 1 is 1.41 bits per heavy atom. The zero-order chi connectivity index (χ0) is 12.7. The number of benzene rings is 1. The second kappa shape index (κ2) is 6.85. The molecule has 0 radical (unpaired) electrons. The van der Waals surface area contributed by atoms with E-state index in [9.17, 15) is 9.18 Å². The van der Waals surface area contributed by atoms with Gasteiger partial charge in [-0.3, -0.25) is 0 Å². The molecule has 0 aliphatic heterocycles. The summed E-state index contributed by atoms with van der Waals surface area (Å²) in [5.41, 5.74) is -0.355. The fourth-order valence-electron chi connectivity index (χ4n) is 1.25. The monoisotopic (exact) mass is 242 g/mol. The number of rotatable bonds is 7. The van der Waals surface area contributed by atoms with Gasteiger partial charge in [-0.15, -0.1) is 0 Å². The van der Waals surface area contributed by atoms with Gasteiger partial charge in [0.1, 0.15) is 11.6 Å². The number of halogens is 1. The number of ether oxygens (including phenoxy) is 2. The summed E-state index contributed by atoms with van der Waals surface area (Å²) in [5.74, 6) is -1.76. The first-order valence-corrected chi connectivity index (χ1v) is 5.38. The Bertz CT molecular complexity index is 379. The molecule has 0 fully saturated rings. The summed E-state index contributed by atoms with van der Waals surface area (Å²) >= 11 is 0. The van der Waals surface area contributed by atoms with Crippen LogP contribution in [0.2, 0.25) is 0 Å². The number of carboxylic acid groups (broad SMARTS) is 1. The SMILES string of the molecule is CCOCCCOc1ccc(C(=O)O)c(F)c1. The molecule has 0 bridgehead atoms. The minimum atomic E-state index is -1.29. The van der Waals surface area contributed by atoms with E-state index >= 15 is 0 Å². The van der Waals surface area contributed by atoms with E-state index in [-0.39, 0.29) is 5.56 Å². The van der Waals surface area contributed by atoms with Gasteiger partial charge >= 0.3 is 5.97 Å². The quantitative estimate of drug-likeness (QED) is 0.745. The van der Waals surface area contributed by atoms with Gasteiger partial charge in [0, 0.05) is 25.7 Å². The fraction of sp³-hybridized carbons (Fsp3) is 0.417. The highest BCUT2D eigenvalue weighted by Gasteiger charge is 2.10. The highest BCUT2D eigenvalue weighted by molar-refractivity contribution is 5.88.